The number of hydrogen-bond donors (Lipinski definition) is 1. The summed E-state index contributed by atoms with van der Waals surface area (Å²) >= 11 is 3.44. The van der Waals surface area contributed by atoms with Gasteiger partial charge in [0.25, 0.3) is 11.8 Å². The number of aromatic nitrogens is 1. The smallest absolute Gasteiger partial charge is 0.280 e. The minimum Gasteiger partial charge on any atom is -0.386 e. The van der Waals surface area contributed by atoms with Crippen LogP contribution in [0.25, 0.3) is 0 Å². The van der Waals surface area contributed by atoms with Crippen LogP contribution in [0, 0.1) is 0 Å². The van der Waals surface area contributed by atoms with Gasteiger partial charge in [0.2, 0.25) is 0 Å². The Balaban J connectivity index is 1.53. The lowest BCUT2D eigenvalue weighted by molar-refractivity contribution is 0.0645. The molecule has 1 aliphatic heterocycles. The minimum atomic E-state index is -0.434. The van der Waals surface area contributed by atoms with Crippen LogP contribution in [0.3, 0.4) is 0 Å². The maximum absolute atomic E-state index is 12.6. The molecule has 2 amide bonds. The second kappa shape index (κ2) is 7.47. The van der Waals surface area contributed by atoms with Crippen molar-refractivity contribution in [1.29, 1.82) is 0 Å². The van der Waals surface area contributed by atoms with Gasteiger partial charge in [-0.05, 0) is 49.1 Å². The molecular formula is C21H21BrN4O2. The van der Waals surface area contributed by atoms with Crippen molar-refractivity contribution in [3.8, 4) is 0 Å². The quantitative estimate of drug-likeness (QED) is 0.583. The molecule has 1 aromatic carbocycles. The molecular weight excluding hydrogens is 420 g/mol. The molecule has 2 aliphatic rings. The van der Waals surface area contributed by atoms with Crippen molar-refractivity contribution < 1.29 is 9.59 Å². The molecule has 144 valence electrons. The van der Waals surface area contributed by atoms with Gasteiger partial charge in [0.15, 0.2) is 0 Å². The van der Waals surface area contributed by atoms with Crippen LogP contribution in [-0.2, 0) is 5.41 Å². The summed E-state index contributed by atoms with van der Waals surface area (Å²) in [5.74, 6) is -0.194. The minimum absolute atomic E-state index is 0.100. The molecule has 1 saturated heterocycles. The van der Waals surface area contributed by atoms with Crippen molar-refractivity contribution in [3.63, 3.8) is 0 Å². The van der Waals surface area contributed by atoms with E-state index in [-0.39, 0.29) is 11.3 Å². The Bertz CT molecular complexity index is 930. The van der Waals surface area contributed by atoms with Crippen LogP contribution in [0.5, 0.6) is 0 Å². The highest BCUT2D eigenvalue weighted by Crippen LogP contribution is 2.44. The zero-order chi connectivity index (χ0) is 19.7. The van der Waals surface area contributed by atoms with E-state index in [0.29, 0.717) is 17.1 Å². The van der Waals surface area contributed by atoms with Crippen LogP contribution >= 0.6 is 15.9 Å². The van der Waals surface area contributed by atoms with E-state index < -0.39 is 5.91 Å². The Kier molecular flexibility index (Phi) is 5.02. The lowest BCUT2D eigenvalue weighted by Gasteiger charge is -2.41. The maximum Gasteiger partial charge on any atom is 0.280 e. The van der Waals surface area contributed by atoms with Gasteiger partial charge in [-0.1, -0.05) is 34.5 Å². The molecule has 2 heterocycles. The molecule has 1 aromatic heterocycles. The number of amidine groups is 1. The van der Waals surface area contributed by atoms with E-state index in [1.165, 1.54) is 6.20 Å². The highest BCUT2D eigenvalue weighted by Gasteiger charge is 2.42. The molecule has 1 saturated carbocycles. The summed E-state index contributed by atoms with van der Waals surface area (Å²) in [5, 5.41) is 0. The number of benzene rings is 1. The number of rotatable bonds is 4. The van der Waals surface area contributed by atoms with E-state index in [1.807, 2.05) is 24.3 Å². The number of pyridine rings is 1. The van der Waals surface area contributed by atoms with Crippen LogP contribution in [0.4, 0.5) is 0 Å². The van der Waals surface area contributed by atoms with Crippen molar-refractivity contribution in [3.05, 3.63) is 63.9 Å². The Hall–Kier alpha value is -2.54. The van der Waals surface area contributed by atoms with Crippen LogP contribution in [0.2, 0.25) is 0 Å². The van der Waals surface area contributed by atoms with E-state index >= 15 is 0 Å². The summed E-state index contributed by atoms with van der Waals surface area (Å²) in [6, 6.07) is 11.2. The average molecular weight is 441 g/mol. The molecule has 4 rings (SSSR count). The van der Waals surface area contributed by atoms with Crippen LogP contribution in [0.1, 0.15) is 52.1 Å². The monoisotopic (exact) mass is 440 g/mol. The molecule has 2 N–H and O–H groups in total. The maximum atomic E-state index is 12.6. The van der Waals surface area contributed by atoms with E-state index in [4.69, 9.17) is 5.73 Å². The Morgan fingerprint density at radius 1 is 1.07 bits per heavy atom. The van der Waals surface area contributed by atoms with Crippen molar-refractivity contribution in [2.75, 3.05) is 13.1 Å². The van der Waals surface area contributed by atoms with Crippen LogP contribution in [-0.4, -0.2) is 40.6 Å². The van der Waals surface area contributed by atoms with Gasteiger partial charge in [0.05, 0.1) is 11.0 Å². The van der Waals surface area contributed by atoms with Gasteiger partial charge in [-0.2, -0.15) is 4.99 Å². The van der Waals surface area contributed by atoms with Crippen molar-refractivity contribution >= 4 is 33.6 Å². The van der Waals surface area contributed by atoms with E-state index in [0.717, 1.165) is 48.8 Å². The molecule has 0 bridgehead atoms. The highest BCUT2D eigenvalue weighted by atomic mass is 79.9. The van der Waals surface area contributed by atoms with E-state index in [1.54, 1.807) is 17.0 Å². The lowest BCUT2D eigenvalue weighted by Crippen LogP contribution is -2.47. The first-order chi connectivity index (χ1) is 13.5. The van der Waals surface area contributed by atoms with E-state index in [9.17, 15) is 9.59 Å². The third kappa shape index (κ3) is 3.35. The SMILES string of the molecule is NC(=NC(=O)c1ccc(C(=O)N2CCC2)nc1)C1(c2ccc(Br)cc2)CCC1. The van der Waals surface area contributed by atoms with Crippen LogP contribution < -0.4 is 5.73 Å². The van der Waals surface area contributed by atoms with Gasteiger partial charge in [-0.3, -0.25) is 14.6 Å². The van der Waals surface area contributed by atoms with Gasteiger partial charge in [0, 0.05) is 23.8 Å². The normalized spacial score (nSPS) is 18.2. The second-order valence-electron chi connectivity index (χ2n) is 7.32. The molecule has 2 fully saturated rings. The predicted molar refractivity (Wildman–Crippen MR) is 110 cm³/mol. The largest absolute Gasteiger partial charge is 0.386 e. The van der Waals surface area contributed by atoms with E-state index in [2.05, 4.69) is 25.9 Å². The average Bonchev–Trinajstić information content (AvgIpc) is 2.61. The number of likely N-dealkylation sites (tertiary alicyclic amines) is 1. The van der Waals surface area contributed by atoms with Gasteiger partial charge >= 0.3 is 0 Å². The summed E-state index contributed by atoms with van der Waals surface area (Å²) in [6.45, 7) is 1.53. The number of nitrogens with zero attached hydrogens (tertiary/aromatic N) is 3. The molecule has 0 spiro atoms. The van der Waals surface area contributed by atoms with Gasteiger partial charge in [-0.25, -0.2) is 0 Å². The molecule has 0 radical (unpaired) electrons. The number of halogens is 1. The topological polar surface area (TPSA) is 88.6 Å². The van der Waals surface area contributed by atoms with Crippen molar-refractivity contribution in [1.82, 2.24) is 9.88 Å². The number of amides is 2. The Morgan fingerprint density at radius 2 is 1.79 bits per heavy atom. The van der Waals surface area contributed by atoms with Gasteiger partial charge in [0.1, 0.15) is 11.5 Å². The molecule has 0 unspecified atom stereocenters. The fourth-order valence-corrected chi connectivity index (χ4v) is 3.87. The van der Waals surface area contributed by atoms with Gasteiger partial charge < -0.3 is 10.6 Å². The van der Waals surface area contributed by atoms with Crippen LogP contribution in [0.15, 0.2) is 52.1 Å². The first-order valence-corrected chi connectivity index (χ1v) is 10.2. The molecule has 7 heteroatoms. The van der Waals surface area contributed by atoms with Crippen molar-refractivity contribution in [2.45, 2.75) is 31.1 Å². The molecule has 28 heavy (non-hydrogen) atoms. The number of carbonyl (C=O) groups excluding carboxylic acids is 2. The fraction of sp³-hybridized carbons (Fsp3) is 0.333. The summed E-state index contributed by atoms with van der Waals surface area (Å²) < 4.78 is 0.997. The Morgan fingerprint density at radius 3 is 2.29 bits per heavy atom. The third-order valence-electron chi connectivity index (χ3n) is 5.69. The third-order valence-corrected chi connectivity index (χ3v) is 6.22. The molecule has 1 aliphatic carbocycles. The van der Waals surface area contributed by atoms with Crippen molar-refractivity contribution in [2.24, 2.45) is 10.7 Å². The molecule has 0 atom stereocenters. The molecule has 6 nitrogen and oxygen atoms in total. The predicted octanol–water partition coefficient (Wildman–Crippen LogP) is 3.31. The number of hydrogen-bond acceptors (Lipinski definition) is 3. The second-order valence-corrected chi connectivity index (χ2v) is 8.24. The Labute approximate surface area is 172 Å². The number of nitrogens with two attached hydrogens (primary N) is 1. The summed E-state index contributed by atoms with van der Waals surface area (Å²) in [5.41, 5.74) is 7.67. The molecule has 2 aromatic rings. The summed E-state index contributed by atoms with van der Waals surface area (Å²) in [7, 11) is 0. The first kappa shape index (κ1) is 18.8. The highest BCUT2D eigenvalue weighted by molar-refractivity contribution is 9.10. The standard InChI is InChI=1S/C21H21BrN4O2/c22-16-6-4-15(5-7-16)21(9-1-10-21)20(23)25-18(27)14-3-8-17(24-13-14)19(28)26-11-2-12-26/h3-8,13H,1-2,9-12H2,(H2,23,25,27). The first-order valence-electron chi connectivity index (χ1n) is 9.40. The lowest BCUT2D eigenvalue weighted by atomic mass is 9.63. The summed E-state index contributed by atoms with van der Waals surface area (Å²) in [6.07, 6.45) is 5.22. The summed E-state index contributed by atoms with van der Waals surface area (Å²) in [4.78, 5) is 34.8. The van der Waals surface area contributed by atoms with Gasteiger partial charge in [-0.15, -0.1) is 0 Å². The fourth-order valence-electron chi connectivity index (χ4n) is 3.60. The zero-order valence-electron chi connectivity index (χ0n) is 15.4. The zero-order valence-corrected chi connectivity index (χ0v) is 17.0. The number of carbonyl (C=O) groups is 2. The number of aliphatic imine (C=N–C) groups is 1.